The molecule has 25 heavy (non-hydrogen) atoms. The van der Waals surface area contributed by atoms with Crippen LogP contribution in [0.2, 0.25) is 0 Å². The minimum absolute atomic E-state index is 0.101. The number of nitrogens with two attached hydrogens (primary N) is 1. The summed E-state index contributed by atoms with van der Waals surface area (Å²) in [4.78, 5) is 5.93. The Morgan fingerprint density at radius 2 is 1.88 bits per heavy atom. The average molecular weight is 331 g/mol. The van der Waals surface area contributed by atoms with Crippen LogP contribution in [0.5, 0.6) is 0 Å². The zero-order valence-electron chi connectivity index (χ0n) is 13.4. The minimum Gasteiger partial charge on any atom is -0.507 e. The monoisotopic (exact) mass is 331 g/mol. The molecule has 1 aromatic heterocycles. The minimum atomic E-state index is -0.188. The van der Waals surface area contributed by atoms with E-state index in [9.17, 15) is 10.2 Å². The van der Waals surface area contributed by atoms with E-state index in [-0.39, 0.29) is 18.1 Å². The fourth-order valence-electron chi connectivity index (χ4n) is 3.08. The van der Waals surface area contributed by atoms with Gasteiger partial charge in [-0.2, -0.15) is 0 Å². The third-order valence-electron chi connectivity index (χ3n) is 4.35. The topological polar surface area (TPSA) is 82.6 Å². The smallest absolute Gasteiger partial charge is 0.158 e. The second-order valence-corrected chi connectivity index (χ2v) is 5.94. The maximum Gasteiger partial charge on any atom is 0.158 e. The summed E-state index contributed by atoms with van der Waals surface area (Å²) in [5, 5.41) is 21.6. The lowest BCUT2D eigenvalue weighted by atomic mass is 9.99. The van der Waals surface area contributed by atoms with E-state index < -0.39 is 0 Å². The molecule has 2 aromatic carbocycles. The molecule has 4 rings (SSSR count). The molecule has 0 aliphatic carbocycles. The van der Waals surface area contributed by atoms with Crippen molar-refractivity contribution in [1.29, 1.82) is 0 Å². The fourth-order valence-corrected chi connectivity index (χ4v) is 3.08. The van der Waals surface area contributed by atoms with Crippen LogP contribution in [0.15, 0.2) is 84.3 Å². The van der Waals surface area contributed by atoms with E-state index in [2.05, 4.69) is 11.1 Å². The number of aromatic nitrogens is 1. The normalized spacial score (nSPS) is 14.7. The number of anilines is 1. The summed E-state index contributed by atoms with van der Waals surface area (Å²) in [6.07, 6.45) is 4.99. The van der Waals surface area contributed by atoms with Gasteiger partial charge >= 0.3 is 0 Å². The Labute approximate surface area is 145 Å². The zero-order valence-corrected chi connectivity index (χ0v) is 13.4. The van der Waals surface area contributed by atoms with E-state index in [4.69, 9.17) is 5.73 Å². The zero-order chi connectivity index (χ0) is 17.4. The van der Waals surface area contributed by atoms with Gasteiger partial charge in [0.05, 0.1) is 6.54 Å². The van der Waals surface area contributed by atoms with Crippen LogP contribution in [0.4, 0.5) is 5.69 Å². The van der Waals surface area contributed by atoms with Crippen molar-refractivity contribution in [2.45, 2.75) is 0 Å². The molecule has 0 bridgehead atoms. The molecule has 1 aliphatic heterocycles. The highest BCUT2D eigenvalue weighted by atomic mass is 16.3. The van der Waals surface area contributed by atoms with Crippen LogP contribution in [-0.4, -0.2) is 21.7 Å². The van der Waals surface area contributed by atoms with Gasteiger partial charge in [-0.3, -0.25) is 4.98 Å². The lowest BCUT2D eigenvalue weighted by Crippen LogP contribution is -2.32. The first-order valence-electron chi connectivity index (χ1n) is 7.92. The Morgan fingerprint density at radius 1 is 1.04 bits per heavy atom. The van der Waals surface area contributed by atoms with Gasteiger partial charge in [0, 0.05) is 29.5 Å². The number of benzene rings is 2. The van der Waals surface area contributed by atoms with Crippen molar-refractivity contribution in [3.8, 4) is 11.1 Å². The number of hydrogen-bond acceptors (Lipinski definition) is 5. The summed E-state index contributed by atoms with van der Waals surface area (Å²) in [6, 6.07) is 16.0. The summed E-state index contributed by atoms with van der Waals surface area (Å²) in [7, 11) is 0. The quantitative estimate of drug-likeness (QED) is 0.664. The Bertz CT molecular complexity index is 1020. The number of aliphatic hydroxyl groups excluding tert-OH is 2. The summed E-state index contributed by atoms with van der Waals surface area (Å²) >= 11 is 0. The molecule has 0 radical (unpaired) electrons. The predicted octanol–water partition coefficient (Wildman–Crippen LogP) is 3.85. The van der Waals surface area contributed by atoms with Gasteiger partial charge in [0.1, 0.15) is 5.82 Å². The standard InChI is InChI=1S/C20H17N3O2/c21-20-10-18(24)19(25)12-23(20)15-5-1-3-13(9-15)16-6-2-4-14-11-22-8-7-17(14)16/h1-11,24-25H,12,21H2. The van der Waals surface area contributed by atoms with Crippen LogP contribution in [-0.2, 0) is 0 Å². The molecule has 0 spiro atoms. The van der Waals surface area contributed by atoms with Crippen LogP contribution in [0.25, 0.3) is 21.9 Å². The Morgan fingerprint density at radius 3 is 2.76 bits per heavy atom. The highest BCUT2D eigenvalue weighted by molar-refractivity contribution is 5.96. The molecule has 0 saturated heterocycles. The molecular weight excluding hydrogens is 314 g/mol. The molecule has 3 aromatic rings. The molecule has 2 heterocycles. The number of fused-ring (bicyclic) bond motifs is 1. The Kier molecular flexibility index (Phi) is 3.54. The van der Waals surface area contributed by atoms with Crippen LogP contribution in [0.1, 0.15) is 0 Å². The van der Waals surface area contributed by atoms with E-state index in [1.165, 1.54) is 6.08 Å². The second-order valence-electron chi connectivity index (χ2n) is 5.94. The van der Waals surface area contributed by atoms with E-state index in [1.807, 2.05) is 48.7 Å². The Balaban J connectivity index is 1.79. The van der Waals surface area contributed by atoms with E-state index in [0.29, 0.717) is 5.82 Å². The van der Waals surface area contributed by atoms with Gasteiger partial charge < -0.3 is 20.8 Å². The summed E-state index contributed by atoms with van der Waals surface area (Å²) in [5.74, 6) is 0.0943. The van der Waals surface area contributed by atoms with Gasteiger partial charge in [-0.15, -0.1) is 0 Å². The SMILES string of the molecule is NC1=CC(O)=C(O)CN1c1cccc(-c2cccc3cnccc23)c1. The van der Waals surface area contributed by atoms with Crippen LogP contribution >= 0.6 is 0 Å². The van der Waals surface area contributed by atoms with E-state index in [1.54, 1.807) is 11.1 Å². The van der Waals surface area contributed by atoms with Crippen LogP contribution in [0, 0.1) is 0 Å². The Hall–Kier alpha value is -3.47. The van der Waals surface area contributed by atoms with E-state index in [0.717, 1.165) is 27.6 Å². The maximum atomic E-state index is 9.84. The maximum absolute atomic E-state index is 9.84. The van der Waals surface area contributed by atoms with E-state index >= 15 is 0 Å². The first kappa shape index (κ1) is 15.1. The van der Waals surface area contributed by atoms with Crippen LogP contribution in [0.3, 0.4) is 0 Å². The fraction of sp³-hybridized carbons (Fsp3) is 0.0500. The lowest BCUT2D eigenvalue weighted by Gasteiger charge is -2.28. The molecule has 5 heteroatoms. The molecule has 1 aliphatic rings. The number of rotatable bonds is 2. The molecule has 0 unspecified atom stereocenters. The van der Waals surface area contributed by atoms with Gasteiger partial charge in [0.25, 0.3) is 0 Å². The van der Waals surface area contributed by atoms with Gasteiger partial charge in [-0.05, 0) is 34.7 Å². The van der Waals surface area contributed by atoms with Gasteiger partial charge in [-0.1, -0.05) is 30.3 Å². The summed E-state index contributed by atoms with van der Waals surface area (Å²) in [6.45, 7) is 0.136. The second kappa shape index (κ2) is 5.87. The molecule has 124 valence electrons. The molecule has 4 N–H and O–H groups in total. The van der Waals surface area contributed by atoms with Crippen molar-refractivity contribution in [1.82, 2.24) is 4.98 Å². The molecule has 0 amide bonds. The average Bonchev–Trinajstić information content (AvgIpc) is 2.64. The van der Waals surface area contributed by atoms with Gasteiger partial charge in [0.15, 0.2) is 11.5 Å². The van der Waals surface area contributed by atoms with Crippen LogP contribution < -0.4 is 10.6 Å². The third kappa shape index (κ3) is 2.65. The molecule has 0 fully saturated rings. The largest absolute Gasteiger partial charge is 0.507 e. The summed E-state index contributed by atoms with van der Waals surface area (Å²) < 4.78 is 0. The molecule has 0 saturated carbocycles. The van der Waals surface area contributed by atoms with Crippen molar-refractivity contribution in [2.24, 2.45) is 5.73 Å². The van der Waals surface area contributed by atoms with Crippen molar-refractivity contribution >= 4 is 16.5 Å². The highest BCUT2D eigenvalue weighted by Crippen LogP contribution is 2.32. The molecule has 5 nitrogen and oxygen atoms in total. The number of aliphatic hydroxyl groups is 2. The number of hydrogen-bond donors (Lipinski definition) is 3. The van der Waals surface area contributed by atoms with Crippen molar-refractivity contribution in [3.63, 3.8) is 0 Å². The van der Waals surface area contributed by atoms with Gasteiger partial charge in [0.2, 0.25) is 0 Å². The molecular formula is C20H17N3O2. The predicted molar refractivity (Wildman–Crippen MR) is 99.1 cm³/mol. The van der Waals surface area contributed by atoms with Gasteiger partial charge in [-0.25, -0.2) is 0 Å². The van der Waals surface area contributed by atoms with Crippen molar-refractivity contribution in [3.05, 3.63) is 84.3 Å². The molecule has 0 atom stereocenters. The summed E-state index contributed by atoms with van der Waals surface area (Å²) in [5.41, 5.74) is 9.00. The van der Waals surface area contributed by atoms with Crippen molar-refractivity contribution < 1.29 is 10.2 Å². The number of allylic oxidation sites excluding steroid dienone is 1. The van der Waals surface area contributed by atoms with Crippen molar-refractivity contribution in [2.75, 3.05) is 11.4 Å². The first-order valence-corrected chi connectivity index (χ1v) is 7.92. The first-order chi connectivity index (χ1) is 12.1. The number of pyridine rings is 1. The number of nitrogens with zero attached hydrogens (tertiary/aromatic N) is 2. The third-order valence-corrected chi connectivity index (χ3v) is 4.35. The highest BCUT2D eigenvalue weighted by Gasteiger charge is 2.19. The lowest BCUT2D eigenvalue weighted by molar-refractivity contribution is 0.326.